The van der Waals surface area contributed by atoms with Crippen molar-refractivity contribution in [2.75, 3.05) is 11.1 Å². The highest BCUT2D eigenvalue weighted by Crippen LogP contribution is 2.26. The van der Waals surface area contributed by atoms with Crippen LogP contribution in [0.15, 0.2) is 24.4 Å². The lowest BCUT2D eigenvalue weighted by Crippen LogP contribution is -1.99. The van der Waals surface area contributed by atoms with Crippen molar-refractivity contribution in [2.45, 2.75) is 0 Å². The number of hydrogen-bond donors (Lipinski definition) is 2. The smallest absolute Gasteiger partial charge is 0.194 e. The highest BCUT2D eigenvalue weighted by atomic mass is 35.5. The molecule has 0 fully saturated rings. The van der Waals surface area contributed by atoms with Crippen LogP contribution in [0.5, 0.6) is 0 Å². The SMILES string of the molecule is Nc1cnc(Nc2cc(F)c(F)c(F)c2)c(Cl)c1. The summed E-state index contributed by atoms with van der Waals surface area (Å²) in [6.07, 6.45) is 1.32. The Kier molecular flexibility index (Phi) is 3.29. The van der Waals surface area contributed by atoms with Crippen molar-refractivity contribution in [2.24, 2.45) is 0 Å². The van der Waals surface area contributed by atoms with E-state index >= 15 is 0 Å². The first-order chi connectivity index (χ1) is 8.47. The van der Waals surface area contributed by atoms with E-state index in [1.54, 1.807) is 0 Å². The Bertz CT molecular complexity index is 581. The van der Waals surface area contributed by atoms with Gasteiger partial charge in [-0.15, -0.1) is 0 Å². The third-order valence-corrected chi connectivity index (χ3v) is 2.40. The Labute approximate surface area is 105 Å². The Morgan fingerprint density at radius 3 is 2.28 bits per heavy atom. The predicted octanol–water partition coefficient (Wildman–Crippen LogP) is 3.48. The number of pyridine rings is 1. The number of nitrogens with two attached hydrogens (primary N) is 1. The maximum absolute atomic E-state index is 13.0. The van der Waals surface area contributed by atoms with Crippen LogP contribution in [0.4, 0.5) is 30.4 Å². The van der Waals surface area contributed by atoms with Crippen molar-refractivity contribution in [1.82, 2.24) is 4.98 Å². The lowest BCUT2D eigenvalue weighted by molar-refractivity contribution is 0.448. The number of halogens is 4. The van der Waals surface area contributed by atoms with Crippen molar-refractivity contribution in [3.63, 3.8) is 0 Å². The lowest BCUT2D eigenvalue weighted by atomic mass is 10.3. The fourth-order valence-electron chi connectivity index (χ4n) is 1.31. The summed E-state index contributed by atoms with van der Waals surface area (Å²) in [6, 6.07) is 3.02. The Morgan fingerprint density at radius 2 is 1.72 bits per heavy atom. The van der Waals surface area contributed by atoms with Gasteiger partial charge in [0.15, 0.2) is 17.5 Å². The summed E-state index contributed by atoms with van der Waals surface area (Å²) >= 11 is 5.82. The molecule has 0 spiro atoms. The molecular weight excluding hydrogens is 267 g/mol. The zero-order valence-electron chi connectivity index (χ0n) is 8.85. The van der Waals surface area contributed by atoms with Gasteiger partial charge in [0, 0.05) is 17.8 Å². The summed E-state index contributed by atoms with van der Waals surface area (Å²) in [5.74, 6) is -3.97. The van der Waals surface area contributed by atoms with Crippen molar-refractivity contribution < 1.29 is 13.2 Å². The van der Waals surface area contributed by atoms with E-state index in [1.807, 2.05) is 0 Å². The molecule has 0 bridgehead atoms. The fraction of sp³-hybridized carbons (Fsp3) is 0. The molecule has 3 N–H and O–H groups in total. The highest BCUT2D eigenvalue weighted by Gasteiger charge is 2.11. The first kappa shape index (κ1) is 12.5. The van der Waals surface area contributed by atoms with Gasteiger partial charge in [0.25, 0.3) is 0 Å². The largest absolute Gasteiger partial charge is 0.397 e. The average Bonchev–Trinajstić information content (AvgIpc) is 2.29. The molecule has 0 unspecified atom stereocenters. The molecule has 18 heavy (non-hydrogen) atoms. The molecule has 3 nitrogen and oxygen atoms in total. The first-order valence-corrected chi connectivity index (χ1v) is 5.18. The number of aromatic nitrogens is 1. The standard InChI is InChI=1S/C11H7ClF3N3/c12-7-1-5(16)4-17-11(7)18-6-2-8(13)10(15)9(14)3-6/h1-4H,16H2,(H,17,18). The monoisotopic (exact) mass is 273 g/mol. The molecule has 0 saturated heterocycles. The van der Waals surface area contributed by atoms with Gasteiger partial charge in [-0.2, -0.15) is 0 Å². The van der Waals surface area contributed by atoms with Crippen LogP contribution >= 0.6 is 11.6 Å². The van der Waals surface area contributed by atoms with E-state index in [1.165, 1.54) is 12.3 Å². The zero-order chi connectivity index (χ0) is 13.3. The van der Waals surface area contributed by atoms with Crippen LogP contribution in [0.1, 0.15) is 0 Å². The quantitative estimate of drug-likeness (QED) is 0.824. The topological polar surface area (TPSA) is 50.9 Å². The van der Waals surface area contributed by atoms with Gasteiger partial charge in [0.2, 0.25) is 0 Å². The zero-order valence-corrected chi connectivity index (χ0v) is 9.60. The van der Waals surface area contributed by atoms with Crippen molar-refractivity contribution in [3.8, 4) is 0 Å². The normalized spacial score (nSPS) is 10.4. The second-order valence-electron chi connectivity index (χ2n) is 3.48. The van der Waals surface area contributed by atoms with Crippen LogP contribution in [-0.2, 0) is 0 Å². The number of nitrogens with zero attached hydrogens (tertiary/aromatic N) is 1. The minimum absolute atomic E-state index is 0.00873. The lowest BCUT2D eigenvalue weighted by Gasteiger charge is -2.08. The molecule has 2 aromatic rings. The van der Waals surface area contributed by atoms with Crippen LogP contribution in [0.25, 0.3) is 0 Å². The molecule has 1 aromatic carbocycles. The highest BCUT2D eigenvalue weighted by molar-refractivity contribution is 6.33. The van der Waals surface area contributed by atoms with Crippen LogP contribution in [0.3, 0.4) is 0 Å². The van der Waals surface area contributed by atoms with Gasteiger partial charge in [0.1, 0.15) is 5.82 Å². The molecule has 0 aliphatic carbocycles. The maximum atomic E-state index is 13.0. The molecule has 2 rings (SSSR count). The Hall–Kier alpha value is -1.95. The molecule has 0 radical (unpaired) electrons. The van der Waals surface area contributed by atoms with E-state index in [0.717, 1.165) is 12.1 Å². The van der Waals surface area contributed by atoms with Crippen LogP contribution < -0.4 is 11.1 Å². The number of anilines is 3. The van der Waals surface area contributed by atoms with E-state index in [2.05, 4.69) is 10.3 Å². The van der Waals surface area contributed by atoms with Gasteiger partial charge >= 0.3 is 0 Å². The Balaban J connectivity index is 2.34. The summed E-state index contributed by atoms with van der Waals surface area (Å²) in [5, 5.41) is 2.74. The molecule has 0 aliphatic heterocycles. The minimum Gasteiger partial charge on any atom is -0.397 e. The summed E-state index contributed by atoms with van der Waals surface area (Å²) < 4.78 is 38.7. The molecule has 0 saturated carbocycles. The van der Waals surface area contributed by atoms with Crippen molar-refractivity contribution in [1.29, 1.82) is 0 Å². The van der Waals surface area contributed by atoms with E-state index in [0.29, 0.717) is 5.69 Å². The maximum Gasteiger partial charge on any atom is 0.194 e. The van der Waals surface area contributed by atoms with E-state index < -0.39 is 17.5 Å². The van der Waals surface area contributed by atoms with E-state index in [-0.39, 0.29) is 16.5 Å². The molecule has 1 heterocycles. The van der Waals surface area contributed by atoms with Gasteiger partial charge in [-0.3, -0.25) is 0 Å². The third-order valence-electron chi connectivity index (χ3n) is 2.11. The van der Waals surface area contributed by atoms with Gasteiger partial charge in [0.05, 0.1) is 16.9 Å². The van der Waals surface area contributed by atoms with Crippen LogP contribution in [-0.4, -0.2) is 4.98 Å². The molecule has 0 aliphatic rings. The molecule has 0 amide bonds. The minimum atomic E-state index is -1.53. The van der Waals surface area contributed by atoms with E-state index in [4.69, 9.17) is 17.3 Å². The summed E-state index contributed by atoms with van der Waals surface area (Å²) in [4.78, 5) is 3.85. The summed E-state index contributed by atoms with van der Waals surface area (Å²) in [5.41, 5.74) is 5.79. The molecule has 0 atom stereocenters. The predicted molar refractivity (Wildman–Crippen MR) is 63.3 cm³/mol. The van der Waals surface area contributed by atoms with Crippen molar-refractivity contribution in [3.05, 3.63) is 46.9 Å². The van der Waals surface area contributed by atoms with Gasteiger partial charge in [-0.05, 0) is 6.07 Å². The number of nitrogen functional groups attached to an aromatic ring is 1. The third kappa shape index (κ3) is 2.48. The molecule has 7 heteroatoms. The first-order valence-electron chi connectivity index (χ1n) is 4.80. The van der Waals surface area contributed by atoms with Gasteiger partial charge < -0.3 is 11.1 Å². The second kappa shape index (κ2) is 4.73. The number of nitrogens with one attached hydrogen (secondary N) is 1. The van der Waals surface area contributed by atoms with Crippen LogP contribution in [0, 0.1) is 17.5 Å². The Morgan fingerprint density at radius 1 is 1.11 bits per heavy atom. The molecular formula is C11H7ClF3N3. The molecule has 94 valence electrons. The van der Waals surface area contributed by atoms with Crippen LogP contribution in [0.2, 0.25) is 5.02 Å². The van der Waals surface area contributed by atoms with Crippen molar-refractivity contribution >= 4 is 28.8 Å². The summed E-state index contributed by atoms with van der Waals surface area (Å²) in [6.45, 7) is 0. The molecule has 1 aromatic heterocycles. The van der Waals surface area contributed by atoms with Gasteiger partial charge in [-0.1, -0.05) is 11.6 Å². The summed E-state index contributed by atoms with van der Waals surface area (Å²) in [7, 11) is 0. The fourth-order valence-corrected chi connectivity index (χ4v) is 1.53. The van der Waals surface area contributed by atoms with E-state index in [9.17, 15) is 13.2 Å². The second-order valence-corrected chi connectivity index (χ2v) is 3.89. The average molecular weight is 274 g/mol. The number of hydrogen-bond acceptors (Lipinski definition) is 3. The number of benzene rings is 1. The van der Waals surface area contributed by atoms with Gasteiger partial charge in [-0.25, -0.2) is 18.2 Å². The number of rotatable bonds is 2.